The lowest BCUT2D eigenvalue weighted by atomic mass is 10.3. The standard InChI is InChI=1S/C13H17N3O4S/c1-8(17)16-9-2-4-10(5-3-9)20-12(18)6-15-13(19)11(14)7-21/h2-5,11,21H,6-7,14H2,1H3,(H,15,19)(H,16,17)/t11-/m0/s1. The molecule has 0 spiro atoms. The number of carbonyl (C=O) groups is 3. The highest BCUT2D eigenvalue weighted by molar-refractivity contribution is 7.80. The van der Waals surface area contributed by atoms with E-state index in [0.29, 0.717) is 11.4 Å². The molecular formula is C13H17N3O4S. The summed E-state index contributed by atoms with van der Waals surface area (Å²) in [5.41, 5.74) is 6.03. The molecule has 1 aromatic carbocycles. The van der Waals surface area contributed by atoms with E-state index < -0.39 is 17.9 Å². The van der Waals surface area contributed by atoms with E-state index in [2.05, 4.69) is 23.3 Å². The average molecular weight is 311 g/mol. The zero-order valence-corrected chi connectivity index (χ0v) is 12.4. The number of nitrogens with two attached hydrogens (primary N) is 1. The average Bonchev–Trinajstić information content (AvgIpc) is 2.45. The molecule has 2 amide bonds. The molecule has 0 fully saturated rings. The molecule has 1 atom stereocenters. The summed E-state index contributed by atoms with van der Waals surface area (Å²) in [5.74, 6) is -0.791. The van der Waals surface area contributed by atoms with Gasteiger partial charge in [-0.15, -0.1) is 0 Å². The topological polar surface area (TPSA) is 111 Å². The molecule has 0 aliphatic rings. The molecule has 0 bridgehead atoms. The van der Waals surface area contributed by atoms with E-state index in [1.807, 2.05) is 0 Å². The first-order valence-electron chi connectivity index (χ1n) is 6.15. The minimum Gasteiger partial charge on any atom is -0.425 e. The van der Waals surface area contributed by atoms with Crippen LogP contribution in [-0.4, -0.2) is 36.1 Å². The zero-order chi connectivity index (χ0) is 15.8. The van der Waals surface area contributed by atoms with Crippen molar-refractivity contribution in [3.8, 4) is 5.75 Å². The molecule has 7 nitrogen and oxygen atoms in total. The van der Waals surface area contributed by atoms with Crippen LogP contribution >= 0.6 is 12.6 Å². The van der Waals surface area contributed by atoms with Gasteiger partial charge >= 0.3 is 5.97 Å². The van der Waals surface area contributed by atoms with Crippen LogP contribution < -0.4 is 21.1 Å². The van der Waals surface area contributed by atoms with Gasteiger partial charge in [-0.05, 0) is 24.3 Å². The summed E-state index contributed by atoms with van der Waals surface area (Å²) in [7, 11) is 0. The van der Waals surface area contributed by atoms with Gasteiger partial charge in [0.05, 0.1) is 6.04 Å². The number of carbonyl (C=O) groups excluding carboxylic acids is 3. The van der Waals surface area contributed by atoms with Crippen LogP contribution in [0.2, 0.25) is 0 Å². The van der Waals surface area contributed by atoms with Gasteiger partial charge in [0, 0.05) is 18.4 Å². The second kappa shape index (κ2) is 8.28. The predicted octanol–water partition coefficient (Wildman–Crippen LogP) is -0.0763. The van der Waals surface area contributed by atoms with Crippen molar-refractivity contribution >= 4 is 36.1 Å². The highest BCUT2D eigenvalue weighted by atomic mass is 32.1. The van der Waals surface area contributed by atoms with E-state index in [4.69, 9.17) is 10.5 Å². The maximum absolute atomic E-state index is 11.5. The summed E-state index contributed by atoms with van der Waals surface area (Å²) in [6.07, 6.45) is 0. The van der Waals surface area contributed by atoms with Crippen LogP contribution in [0.4, 0.5) is 5.69 Å². The minimum absolute atomic E-state index is 0.186. The second-order valence-electron chi connectivity index (χ2n) is 4.19. The Morgan fingerprint density at radius 2 is 1.90 bits per heavy atom. The monoisotopic (exact) mass is 311 g/mol. The van der Waals surface area contributed by atoms with Crippen LogP contribution in [0, 0.1) is 0 Å². The molecule has 0 radical (unpaired) electrons. The molecule has 0 aliphatic heterocycles. The molecule has 114 valence electrons. The van der Waals surface area contributed by atoms with Crippen LogP contribution in [0.1, 0.15) is 6.92 Å². The first-order valence-corrected chi connectivity index (χ1v) is 6.78. The molecule has 1 aromatic rings. The van der Waals surface area contributed by atoms with Crippen molar-refractivity contribution in [2.75, 3.05) is 17.6 Å². The fourth-order valence-corrected chi connectivity index (χ4v) is 1.52. The van der Waals surface area contributed by atoms with E-state index >= 15 is 0 Å². The SMILES string of the molecule is CC(=O)Nc1ccc(OC(=O)CNC(=O)[C@@H](N)CS)cc1. The van der Waals surface area contributed by atoms with Crippen LogP contribution in [0.15, 0.2) is 24.3 Å². The normalized spacial score (nSPS) is 11.4. The molecule has 1 rings (SSSR count). The molecule has 0 aliphatic carbocycles. The Hall–Kier alpha value is -2.06. The van der Waals surface area contributed by atoms with Gasteiger partial charge in [0.2, 0.25) is 11.8 Å². The van der Waals surface area contributed by atoms with Crippen molar-refractivity contribution in [2.45, 2.75) is 13.0 Å². The number of rotatable bonds is 6. The minimum atomic E-state index is -0.766. The first kappa shape index (κ1) is 17.0. The van der Waals surface area contributed by atoms with Crippen molar-refractivity contribution in [3.05, 3.63) is 24.3 Å². The number of benzene rings is 1. The number of hydrogen-bond donors (Lipinski definition) is 4. The molecule has 21 heavy (non-hydrogen) atoms. The Kier molecular flexibility index (Phi) is 6.70. The zero-order valence-electron chi connectivity index (χ0n) is 11.5. The molecule has 0 saturated heterocycles. The Morgan fingerprint density at radius 1 is 1.29 bits per heavy atom. The van der Waals surface area contributed by atoms with Gasteiger partial charge < -0.3 is 21.1 Å². The van der Waals surface area contributed by atoms with Crippen molar-refractivity contribution in [2.24, 2.45) is 5.73 Å². The molecule has 4 N–H and O–H groups in total. The van der Waals surface area contributed by atoms with E-state index in [1.165, 1.54) is 19.1 Å². The van der Waals surface area contributed by atoms with Gasteiger partial charge in [-0.2, -0.15) is 12.6 Å². The van der Waals surface area contributed by atoms with E-state index in [0.717, 1.165) is 0 Å². The molecular weight excluding hydrogens is 294 g/mol. The van der Waals surface area contributed by atoms with Crippen molar-refractivity contribution in [1.29, 1.82) is 0 Å². The summed E-state index contributed by atoms with van der Waals surface area (Å²) in [5, 5.41) is 4.93. The molecule has 0 heterocycles. The fraction of sp³-hybridized carbons (Fsp3) is 0.308. The molecule has 0 aromatic heterocycles. The van der Waals surface area contributed by atoms with E-state index in [9.17, 15) is 14.4 Å². The number of hydrogen-bond acceptors (Lipinski definition) is 6. The van der Waals surface area contributed by atoms with Gasteiger partial charge in [-0.3, -0.25) is 9.59 Å². The quantitative estimate of drug-likeness (QED) is 0.334. The number of nitrogens with one attached hydrogen (secondary N) is 2. The molecule has 0 saturated carbocycles. The lowest BCUT2D eigenvalue weighted by molar-refractivity contribution is -0.135. The number of amides is 2. The smallest absolute Gasteiger partial charge is 0.330 e. The van der Waals surface area contributed by atoms with E-state index in [-0.39, 0.29) is 18.2 Å². The number of anilines is 1. The number of esters is 1. The summed E-state index contributed by atoms with van der Waals surface area (Å²) in [6, 6.07) is 5.49. The number of thiol groups is 1. The summed E-state index contributed by atoms with van der Waals surface area (Å²) in [6.45, 7) is 1.11. The summed E-state index contributed by atoms with van der Waals surface area (Å²) < 4.78 is 5.01. The Balaban J connectivity index is 2.44. The summed E-state index contributed by atoms with van der Waals surface area (Å²) in [4.78, 5) is 33.7. The van der Waals surface area contributed by atoms with Gasteiger partial charge in [-0.1, -0.05) is 0 Å². The van der Waals surface area contributed by atoms with Crippen molar-refractivity contribution < 1.29 is 19.1 Å². The highest BCUT2D eigenvalue weighted by Gasteiger charge is 2.13. The predicted molar refractivity (Wildman–Crippen MR) is 81.2 cm³/mol. The fourth-order valence-electron chi connectivity index (χ4n) is 1.35. The highest BCUT2D eigenvalue weighted by Crippen LogP contribution is 2.15. The largest absolute Gasteiger partial charge is 0.425 e. The van der Waals surface area contributed by atoms with Crippen LogP contribution in [-0.2, 0) is 14.4 Å². The number of ether oxygens (including phenoxy) is 1. The first-order chi connectivity index (χ1) is 9.92. The molecule has 8 heteroatoms. The maximum Gasteiger partial charge on any atom is 0.330 e. The Bertz CT molecular complexity index is 519. The maximum atomic E-state index is 11.5. The van der Waals surface area contributed by atoms with Crippen LogP contribution in [0.25, 0.3) is 0 Å². The lowest BCUT2D eigenvalue weighted by Crippen LogP contribution is -2.44. The van der Waals surface area contributed by atoms with Gasteiger partial charge in [0.15, 0.2) is 0 Å². The van der Waals surface area contributed by atoms with Gasteiger partial charge in [0.25, 0.3) is 0 Å². The Morgan fingerprint density at radius 3 is 2.43 bits per heavy atom. The van der Waals surface area contributed by atoms with Crippen LogP contribution in [0.3, 0.4) is 0 Å². The summed E-state index contributed by atoms with van der Waals surface area (Å²) >= 11 is 3.88. The Labute approximate surface area is 127 Å². The van der Waals surface area contributed by atoms with Crippen LogP contribution in [0.5, 0.6) is 5.75 Å². The second-order valence-corrected chi connectivity index (χ2v) is 4.55. The third-order valence-corrected chi connectivity index (χ3v) is 2.74. The third-order valence-electron chi connectivity index (χ3n) is 2.35. The van der Waals surface area contributed by atoms with Gasteiger partial charge in [0.1, 0.15) is 12.3 Å². The lowest BCUT2D eigenvalue weighted by Gasteiger charge is -2.09. The van der Waals surface area contributed by atoms with E-state index in [1.54, 1.807) is 12.1 Å². The van der Waals surface area contributed by atoms with Gasteiger partial charge in [-0.25, -0.2) is 4.79 Å². The van der Waals surface area contributed by atoms with Crippen molar-refractivity contribution in [3.63, 3.8) is 0 Å². The third kappa shape index (κ3) is 6.28. The van der Waals surface area contributed by atoms with Crippen molar-refractivity contribution in [1.82, 2.24) is 5.32 Å². The molecule has 0 unspecified atom stereocenters.